The van der Waals surface area contributed by atoms with Gasteiger partial charge in [-0.1, -0.05) is 0 Å². The Labute approximate surface area is 144 Å². The fourth-order valence-corrected chi connectivity index (χ4v) is 3.91. The Balaban J connectivity index is 1.55. The average molecular weight is 345 g/mol. The monoisotopic (exact) mass is 345 g/mol. The second-order valence-electron chi connectivity index (χ2n) is 6.22. The van der Waals surface area contributed by atoms with Gasteiger partial charge < -0.3 is 19.3 Å². The van der Waals surface area contributed by atoms with Crippen LogP contribution in [0.4, 0.5) is 0 Å². The molecule has 0 N–H and O–H groups in total. The van der Waals surface area contributed by atoms with E-state index in [9.17, 15) is 4.79 Å². The lowest BCUT2D eigenvalue weighted by molar-refractivity contribution is 0.0528. The first-order valence-corrected chi connectivity index (χ1v) is 8.85. The van der Waals surface area contributed by atoms with Gasteiger partial charge in [0.05, 0.1) is 0 Å². The molecule has 2 aromatic rings. The zero-order valence-electron chi connectivity index (χ0n) is 13.7. The summed E-state index contributed by atoms with van der Waals surface area (Å²) in [6.45, 7) is 4.87. The fraction of sp³-hybridized carbons (Fsp3) is 0.412. The van der Waals surface area contributed by atoms with Gasteiger partial charge in [-0.15, -0.1) is 11.3 Å². The number of benzene rings is 1. The number of ether oxygens (including phenoxy) is 2. The SMILES string of the molecule is C[C@@H]1CN(C)CCN1C(=O)c1csc(-c2ccc3c(c2)OCO3)n1. The van der Waals surface area contributed by atoms with E-state index in [1.165, 1.54) is 11.3 Å². The minimum atomic E-state index is 0.0128. The van der Waals surface area contributed by atoms with E-state index in [0.717, 1.165) is 41.7 Å². The van der Waals surface area contributed by atoms with Gasteiger partial charge in [-0.3, -0.25) is 4.79 Å². The van der Waals surface area contributed by atoms with E-state index >= 15 is 0 Å². The molecule has 0 radical (unpaired) electrons. The van der Waals surface area contributed by atoms with Gasteiger partial charge in [0, 0.05) is 36.6 Å². The molecular weight excluding hydrogens is 326 g/mol. The van der Waals surface area contributed by atoms with Crippen LogP contribution in [0.15, 0.2) is 23.6 Å². The first-order chi connectivity index (χ1) is 11.6. The molecular formula is C17H19N3O3S. The van der Waals surface area contributed by atoms with E-state index in [2.05, 4.69) is 23.9 Å². The number of likely N-dealkylation sites (N-methyl/N-ethyl adjacent to an activating group) is 1. The van der Waals surface area contributed by atoms with Crippen molar-refractivity contribution in [1.82, 2.24) is 14.8 Å². The number of piperazine rings is 1. The van der Waals surface area contributed by atoms with Crippen LogP contribution in [0, 0.1) is 0 Å². The predicted molar refractivity (Wildman–Crippen MR) is 91.7 cm³/mol. The van der Waals surface area contributed by atoms with Crippen molar-refractivity contribution in [2.75, 3.05) is 33.5 Å². The van der Waals surface area contributed by atoms with Crippen molar-refractivity contribution < 1.29 is 14.3 Å². The van der Waals surface area contributed by atoms with Gasteiger partial charge in [-0.05, 0) is 32.2 Å². The van der Waals surface area contributed by atoms with Gasteiger partial charge in [-0.2, -0.15) is 0 Å². The summed E-state index contributed by atoms with van der Waals surface area (Å²) in [6, 6.07) is 5.93. The molecule has 0 aliphatic carbocycles. The maximum Gasteiger partial charge on any atom is 0.273 e. The summed E-state index contributed by atoms with van der Waals surface area (Å²) in [5.74, 6) is 1.49. The largest absolute Gasteiger partial charge is 0.454 e. The number of rotatable bonds is 2. The molecule has 1 aromatic heterocycles. The molecule has 2 aliphatic rings. The van der Waals surface area contributed by atoms with Crippen molar-refractivity contribution in [3.05, 3.63) is 29.3 Å². The highest BCUT2D eigenvalue weighted by Crippen LogP contribution is 2.36. The van der Waals surface area contributed by atoms with Crippen LogP contribution in [-0.2, 0) is 0 Å². The maximum atomic E-state index is 12.8. The normalized spacial score (nSPS) is 20.4. The van der Waals surface area contributed by atoms with Gasteiger partial charge >= 0.3 is 0 Å². The molecule has 24 heavy (non-hydrogen) atoms. The van der Waals surface area contributed by atoms with Crippen LogP contribution in [0.1, 0.15) is 17.4 Å². The summed E-state index contributed by atoms with van der Waals surface area (Å²) in [7, 11) is 2.08. The molecule has 2 aliphatic heterocycles. The van der Waals surface area contributed by atoms with E-state index in [1.54, 1.807) is 0 Å². The van der Waals surface area contributed by atoms with Crippen molar-refractivity contribution in [3.8, 4) is 22.1 Å². The van der Waals surface area contributed by atoms with Crippen molar-refractivity contribution >= 4 is 17.2 Å². The van der Waals surface area contributed by atoms with Crippen LogP contribution in [0.25, 0.3) is 10.6 Å². The number of fused-ring (bicyclic) bond motifs is 1. The first-order valence-electron chi connectivity index (χ1n) is 7.97. The number of nitrogens with zero attached hydrogens (tertiary/aromatic N) is 3. The lowest BCUT2D eigenvalue weighted by Gasteiger charge is -2.37. The van der Waals surface area contributed by atoms with Gasteiger partial charge in [0.25, 0.3) is 5.91 Å². The smallest absolute Gasteiger partial charge is 0.273 e. The summed E-state index contributed by atoms with van der Waals surface area (Å²) in [5, 5.41) is 2.66. The van der Waals surface area contributed by atoms with Crippen LogP contribution >= 0.6 is 11.3 Å². The number of hydrogen-bond acceptors (Lipinski definition) is 6. The van der Waals surface area contributed by atoms with Crippen LogP contribution in [0.2, 0.25) is 0 Å². The average Bonchev–Trinajstić information content (AvgIpc) is 3.23. The molecule has 3 heterocycles. The number of amides is 1. The molecule has 7 heteroatoms. The Hall–Kier alpha value is -2.12. The van der Waals surface area contributed by atoms with Gasteiger partial charge in [0.15, 0.2) is 11.5 Å². The minimum absolute atomic E-state index is 0.0128. The van der Waals surface area contributed by atoms with Crippen molar-refractivity contribution in [1.29, 1.82) is 0 Å². The Morgan fingerprint density at radius 2 is 2.12 bits per heavy atom. The zero-order chi connectivity index (χ0) is 16.7. The minimum Gasteiger partial charge on any atom is -0.454 e. The molecule has 6 nitrogen and oxygen atoms in total. The number of thiazole rings is 1. The third-order valence-electron chi connectivity index (χ3n) is 4.43. The lowest BCUT2D eigenvalue weighted by atomic mass is 10.2. The highest BCUT2D eigenvalue weighted by atomic mass is 32.1. The second-order valence-corrected chi connectivity index (χ2v) is 7.07. The molecule has 4 rings (SSSR count). The molecule has 1 aromatic carbocycles. The maximum absolute atomic E-state index is 12.8. The highest BCUT2D eigenvalue weighted by Gasteiger charge is 2.28. The molecule has 1 fully saturated rings. The van der Waals surface area contributed by atoms with Crippen molar-refractivity contribution in [3.63, 3.8) is 0 Å². The Morgan fingerprint density at radius 3 is 2.96 bits per heavy atom. The van der Waals surface area contributed by atoms with E-state index in [4.69, 9.17) is 9.47 Å². The van der Waals surface area contributed by atoms with Crippen LogP contribution in [0.3, 0.4) is 0 Å². The van der Waals surface area contributed by atoms with E-state index in [1.807, 2.05) is 28.5 Å². The molecule has 0 unspecified atom stereocenters. The summed E-state index contributed by atoms with van der Waals surface area (Å²) >= 11 is 1.48. The molecule has 126 valence electrons. The third kappa shape index (κ3) is 2.74. The zero-order valence-corrected chi connectivity index (χ0v) is 14.5. The topological polar surface area (TPSA) is 54.9 Å². The molecule has 0 saturated carbocycles. The van der Waals surface area contributed by atoms with Crippen LogP contribution in [0.5, 0.6) is 11.5 Å². The van der Waals surface area contributed by atoms with Crippen LogP contribution < -0.4 is 9.47 Å². The molecule has 1 atom stereocenters. The van der Waals surface area contributed by atoms with Crippen molar-refractivity contribution in [2.24, 2.45) is 0 Å². The lowest BCUT2D eigenvalue weighted by Crippen LogP contribution is -2.52. The van der Waals surface area contributed by atoms with Crippen LogP contribution in [-0.4, -0.2) is 60.2 Å². The predicted octanol–water partition coefficient (Wildman–Crippen LogP) is 2.31. The number of carbonyl (C=O) groups is 1. The first kappa shape index (κ1) is 15.4. The Kier molecular flexibility index (Phi) is 3.90. The fourth-order valence-electron chi connectivity index (χ4n) is 3.12. The van der Waals surface area contributed by atoms with Gasteiger partial charge in [-0.25, -0.2) is 4.98 Å². The molecule has 0 bridgehead atoms. The summed E-state index contributed by atoms with van der Waals surface area (Å²) in [6.07, 6.45) is 0. The Bertz CT molecular complexity index is 776. The van der Waals surface area contributed by atoms with E-state index in [0.29, 0.717) is 5.69 Å². The second kappa shape index (κ2) is 6.07. The molecule has 1 saturated heterocycles. The number of hydrogen-bond donors (Lipinski definition) is 0. The number of aromatic nitrogens is 1. The van der Waals surface area contributed by atoms with E-state index in [-0.39, 0.29) is 18.7 Å². The summed E-state index contributed by atoms with van der Waals surface area (Å²) in [4.78, 5) is 21.5. The summed E-state index contributed by atoms with van der Waals surface area (Å²) in [5.41, 5.74) is 1.46. The van der Waals surface area contributed by atoms with Gasteiger partial charge in [0.2, 0.25) is 6.79 Å². The Morgan fingerprint density at radius 1 is 1.29 bits per heavy atom. The van der Waals surface area contributed by atoms with E-state index < -0.39 is 0 Å². The standard InChI is InChI=1S/C17H19N3O3S/c1-11-8-19(2)5-6-20(11)17(21)13-9-24-16(18-13)12-3-4-14-15(7-12)23-10-22-14/h3-4,7,9,11H,5-6,8,10H2,1-2H3/t11-/m1/s1. The molecule has 0 spiro atoms. The number of carbonyl (C=O) groups excluding carboxylic acids is 1. The quantitative estimate of drug-likeness (QED) is 0.836. The third-order valence-corrected chi connectivity index (χ3v) is 5.33. The summed E-state index contributed by atoms with van der Waals surface area (Å²) < 4.78 is 10.7. The molecule has 1 amide bonds. The van der Waals surface area contributed by atoms with Gasteiger partial charge in [0.1, 0.15) is 10.7 Å². The van der Waals surface area contributed by atoms with Crippen molar-refractivity contribution in [2.45, 2.75) is 13.0 Å². The highest BCUT2D eigenvalue weighted by molar-refractivity contribution is 7.13.